The predicted molar refractivity (Wildman–Crippen MR) is 126 cm³/mol. The van der Waals surface area contributed by atoms with Crippen molar-refractivity contribution >= 4 is 34.6 Å². The summed E-state index contributed by atoms with van der Waals surface area (Å²) in [5.41, 5.74) is -9.06. The fourth-order valence-corrected chi connectivity index (χ4v) is 5.58. The van der Waals surface area contributed by atoms with Gasteiger partial charge >= 0.3 is 6.28 Å². The van der Waals surface area contributed by atoms with Crippen molar-refractivity contribution in [3.8, 4) is 5.75 Å². The topological polar surface area (TPSA) is 12.2 Å². The maximum absolute atomic E-state index is 15.7. The van der Waals surface area contributed by atoms with Crippen molar-refractivity contribution in [3.05, 3.63) is 111 Å². The normalized spacial score (nSPS) is 12.9. The minimum Gasteiger partial charge on any atom is -0.497 e. The third-order valence-electron chi connectivity index (χ3n) is 7.47. The summed E-state index contributed by atoms with van der Waals surface area (Å²) >= 11 is 0. The van der Waals surface area contributed by atoms with Crippen molar-refractivity contribution < 1.29 is 75.1 Å². The molecule has 0 saturated heterocycles. The predicted octanol–water partition coefficient (Wildman–Crippen LogP) is 5.72. The van der Waals surface area contributed by atoms with Crippen molar-refractivity contribution in [1.82, 2.24) is 0 Å². The van der Waals surface area contributed by atoms with E-state index in [1.165, 1.54) is 0 Å². The summed E-state index contributed by atoms with van der Waals surface area (Å²) in [4.78, 5) is 0. The molecule has 0 fully saturated rings. The van der Waals surface area contributed by atoms with Gasteiger partial charge in [-0.1, -0.05) is 0 Å². The minimum atomic E-state index is -5.90. The van der Waals surface area contributed by atoms with Gasteiger partial charge in [-0.3, -0.25) is 0 Å². The molecule has 0 aromatic heterocycles. The molecule has 4 aromatic carbocycles. The van der Waals surface area contributed by atoms with Crippen LogP contribution in [0.2, 0.25) is 0 Å². The summed E-state index contributed by atoms with van der Waals surface area (Å²) in [5.74, 6) is -45.8. The van der Waals surface area contributed by atoms with Crippen molar-refractivity contribution in [3.63, 3.8) is 0 Å². The lowest BCUT2D eigenvalue weighted by Crippen LogP contribution is -2.78. The van der Waals surface area contributed by atoms with Crippen LogP contribution in [-0.4, -0.2) is 24.1 Å². The molecule has 4 aromatic rings. The van der Waals surface area contributed by atoms with E-state index in [0.717, 1.165) is 25.3 Å². The summed E-state index contributed by atoms with van der Waals surface area (Å²) in [6.45, 7) is 0. The molecule has 2 nitrogen and oxygen atoms in total. The third kappa shape index (κ3) is 4.13. The van der Waals surface area contributed by atoms with Crippen LogP contribution in [0.3, 0.4) is 0 Å². The third-order valence-corrected chi connectivity index (χ3v) is 7.47. The van der Waals surface area contributed by atoms with Crippen LogP contribution in [0.5, 0.6) is 5.75 Å². The molecule has 0 atom stereocenters. The van der Waals surface area contributed by atoms with Crippen LogP contribution in [0, 0.1) is 87.3 Å². The van der Waals surface area contributed by atoms with Gasteiger partial charge in [0.2, 0.25) is 0 Å². The van der Waals surface area contributed by atoms with Gasteiger partial charge in [0.15, 0.2) is 58.0 Å². The number of nitrogens with zero attached hydrogens (tertiary/aromatic N) is 1. The lowest BCUT2D eigenvalue weighted by atomic mass is 9.23. The van der Waals surface area contributed by atoms with Gasteiger partial charge in [-0.25, -0.2) is 65.9 Å². The highest BCUT2D eigenvalue weighted by Gasteiger charge is 2.58. The van der Waals surface area contributed by atoms with E-state index in [9.17, 15) is 39.5 Å². The molecule has 45 heavy (non-hydrogen) atoms. The number of rotatable bonds is 5. The van der Waals surface area contributed by atoms with Gasteiger partial charge in [0.25, 0.3) is 0 Å². The number of hydrogen-bond donors (Lipinski definition) is 0. The Morgan fingerprint density at radius 3 is 1.11 bits per heavy atom. The first-order chi connectivity index (χ1) is 21.0. The Bertz CT molecular complexity index is 1740. The Morgan fingerprint density at radius 1 is 0.489 bits per heavy atom. The standard InChI is InChI=1S/C27H9BF15NO/c1-45-8-2-3-9-7(6-8)4-5-44(9)28(10-13(29)19(35)25(41)20(36)14(10)30,11-15(31)21(37)26(42)22(38)16(11)32)12-17(33)23(39)27(43)24(40)18(12)34/h2-3,5-6H,4H2,1H3. The summed E-state index contributed by atoms with van der Waals surface area (Å²) < 4.78 is 230. The first-order valence-corrected chi connectivity index (χ1v) is 12.1. The molecule has 1 heterocycles. The molecular weight excluding hydrogens is 650 g/mol. The first kappa shape index (κ1) is 31.8. The molecule has 18 heteroatoms. The van der Waals surface area contributed by atoms with E-state index in [1.54, 1.807) is 0 Å². The molecule has 1 aliphatic rings. The average Bonchev–Trinajstić information content (AvgIpc) is 3.46. The molecule has 5 rings (SSSR count). The largest absolute Gasteiger partial charge is 0.497 e. The van der Waals surface area contributed by atoms with Gasteiger partial charge in [0.1, 0.15) is 40.7 Å². The lowest BCUT2D eigenvalue weighted by molar-refractivity contribution is -0.279. The fourth-order valence-electron chi connectivity index (χ4n) is 5.58. The zero-order valence-corrected chi connectivity index (χ0v) is 21.6. The Balaban J connectivity index is 2.22. The first-order valence-electron chi connectivity index (χ1n) is 12.1. The average molecular weight is 659 g/mol. The SMILES string of the molecule is COc1ccc2c(c1)CC=[N+]2[B-](c1c(F)c(F)c(F)c(F)c1F)(c1c(F)c(F)c(F)c(F)c1F)c1c(F)c(F)c(F)c(F)c1F. The van der Waals surface area contributed by atoms with E-state index >= 15 is 26.3 Å². The number of methoxy groups -OCH3 is 1. The second-order valence-corrected chi connectivity index (χ2v) is 9.56. The van der Waals surface area contributed by atoms with Crippen LogP contribution in [0.1, 0.15) is 5.56 Å². The molecule has 0 radical (unpaired) electrons. The van der Waals surface area contributed by atoms with Gasteiger partial charge in [-0.05, 0) is 28.5 Å². The van der Waals surface area contributed by atoms with E-state index in [4.69, 9.17) is 4.74 Å². The van der Waals surface area contributed by atoms with E-state index in [0.29, 0.717) is 6.21 Å². The van der Waals surface area contributed by atoms with Crippen LogP contribution >= 0.6 is 0 Å². The Kier molecular flexibility index (Phi) is 7.60. The molecular formula is C27H9BF15NO. The van der Waals surface area contributed by atoms with Gasteiger partial charge < -0.3 is 9.22 Å². The smallest absolute Gasteiger partial charge is 0.377 e. The monoisotopic (exact) mass is 659 g/mol. The second kappa shape index (κ2) is 10.8. The zero-order valence-electron chi connectivity index (χ0n) is 21.6. The summed E-state index contributed by atoms with van der Waals surface area (Å²) in [7, 11) is 1.12. The number of benzene rings is 4. The maximum Gasteiger partial charge on any atom is 0.377 e. The Morgan fingerprint density at radius 2 is 0.800 bits per heavy atom. The molecule has 0 saturated carbocycles. The maximum atomic E-state index is 15.7. The van der Waals surface area contributed by atoms with Gasteiger partial charge in [0.05, 0.1) is 19.7 Å². The number of halogens is 15. The highest BCUT2D eigenvalue weighted by Crippen LogP contribution is 2.35. The zero-order chi connectivity index (χ0) is 33.4. The van der Waals surface area contributed by atoms with Gasteiger partial charge in [-0.2, -0.15) is 0 Å². The molecule has 0 unspecified atom stereocenters. The van der Waals surface area contributed by atoms with Crippen molar-refractivity contribution in [1.29, 1.82) is 0 Å². The van der Waals surface area contributed by atoms with Crippen LogP contribution in [0.15, 0.2) is 18.2 Å². The summed E-state index contributed by atoms with van der Waals surface area (Å²) in [6, 6.07) is 2.81. The van der Waals surface area contributed by atoms with E-state index in [1.807, 2.05) is 0 Å². The number of fused-ring (bicyclic) bond motifs is 1. The quantitative estimate of drug-likeness (QED) is 0.116. The van der Waals surface area contributed by atoms with E-state index in [-0.39, 0.29) is 15.8 Å². The summed E-state index contributed by atoms with van der Waals surface area (Å²) in [6.07, 6.45) is -6.06. The molecule has 0 aliphatic carbocycles. The van der Waals surface area contributed by atoms with Crippen molar-refractivity contribution in [2.45, 2.75) is 6.42 Å². The molecule has 0 N–H and O–H groups in total. The minimum absolute atomic E-state index is 0.0363. The van der Waals surface area contributed by atoms with Gasteiger partial charge in [-0.15, -0.1) is 0 Å². The molecule has 0 bridgehead atoms. The number of ether oxygens (including phenoxy) is 1. The molecule has 0 spiro atoms. The van der Waals surface area contributed by atoms with E-state index in [2.05, 4.69) is 0 Å². The summed E-state index contributed by atoms with van der Waals surface area (Å²) in [5, 5.41) is 0. The lowest BCUT2D eigenvalue weighted by Gasteiger charge is -2.39. The molecule has 1 aliphatic heterocycles. The van der Waals surface area contributed by atoms with Crippen molar-refractivity contribution in [2.24, 2.45) is 0 Å². The second-order valence-electron chi connectivity index (χ2n) is 9.56. The van der Waals surface area contributed by atoms with E-state index < -0.39 is 122 Å². The highest BCUT2D eigenvalue weighted by molar-refractivity contribution is 7.06. The molecule has 0 amide bonds. The van der Waals surface area contributed by atoms with Crippen molar-refractivity contribution in [2.75, 3.05) is 7.11 Å². The van der Waals surface area contributed by atoms with Gasteiger partial charge in [0, 0.05) is 11.6 Å². The number of hydrogen-bond acceptors (Lipinski definition) is 1. The fraction of sp³-hybridized carbons (Fsp3) is 0.0741. The highest BCUT2D eigenvalue weighted by atomic mass is 19.2. The molecule has 236 valence electrons. The Labute approximate surface area is 240 Å². The van der Waals surface area contributed by atoms with Crippen LogP contribution < -0.4 is 21.1 Å². The van der Waals surface area contributed by atoms with Crippen LogP contribution in [0.4, 0.5) is 71.5 Å². The Hall–Kier alpha value is -4.64. The van der Waals surface area contributed by atoms with Crippen LogP contribution in [0.25, 0.3) is 0 Å². The van der Waals surface area contributed by atoms with Crippen LogP contribution in [-0.2, 0) is 6.42 Å².